The Balaban J connectivity index is 1.48. The second-order valence-corrected chi connectivity index (χ2v) is 9.74. The molecule has 4 heterocycles. The highest BCUT2D eigenvalue weighted by Gasteiger charge is 2.24. The summed E-state index contributed by atoms with van der Waals surface area (Å²) < 4.78 is 14.5. The van der Waals surface area contributed by atoms with Crippen LogP contribution in [-0.2, 0) is 11.2 Å². The molecule has 0 aromatic carbocycles. The molecule has 1 amide bonds. The minimum absolute atomic E-state index is 0.0411. The number of allylic oxidation sites excluding steroid dienone is 2. The lowest BCUT2D eigenvalue weighted by Gasteiger charge is -2.38. The number of hydrogen-bond acceptors (Lipinski definition) is 5. The SMILES string of the molecule is C/C=C(\PC1C=CC(N2CCN(CCF)CC2)=CN1C=O)c1cc2c(CC)nc(C)cn2n1. The van der Waals surface area contributed by atoms with E-state index < -0.39 is 0 Å². The van der Waals surface area contributed by atoms with Gasteiger partial charge in [-0.25, -0.2) is 8.91 Å². The largest absolute Gasteiger partial charge is 0.368 e. The molecule has 7 nitrogen and oxygen atoms in total. The molecule has 2 unspecified atom stereocenters. The van der Waals surface area contributed by atoms with Gasteiger partial charge in [-0.1, -0.05) is 27.7 Å². The second kappa shape index (κ2) is 10.6. The van der Waals surface area contributed by atoms with Crippen LogP contribution in [0.15, 0.2) is 42.4 Å². The van der Waals surface area contributed by atoms with Crippen LogP contribution in [0.25, 0.3) is 10.8 Å². The molecule has 1 fully saturated rings. The predicted octanol–water partition coefficient (Wildman–Crippen LogP) is 3.42. The molecule has 4 rings (SSSR count). The van der Waals surface area contributed by atoms with Crippen LogP contribution in [0.3, 0.4) is 0 Å². The Morgan fingerprint density at radius 1 is 1.30 bits per heavy atom. The van der Waals surface area contributed by atoms with E-state index in [1.807, 2.05) is 30.8 Å². The number of carbonyl (C=O) groups excluding carboxylic acids is 1. The maximum Gasteiger partial charge on any atom is 0.214 e. The third kappa shape index (κ3) is 5.17. The van der Waals surface area contributed by atoms with Gasteiger partial charge >= 0.3 is 0 Å². The average molecular weight is 471 g/mol. The summed E-state index contributed by atoms with van der Waals surface area (Å²) in [5, 5.41) is 5.93. The molecular weight excluding hydrogens is 438 g/mol. The van der Waals surface area contributed by atoms with E-state index in [9.17, 15) is 9.18 Å². The summed E-state index contributed by atoms with van der Waals surface area (Å²) in [6.45, 7) is 9.65. The van der Waals surface area contributed by atoms with Crippen LogP contribution in [0.4, 0.5) is 4.39 Å². The molecule has 2 aromatic rings. The molecule has 9 heteroatoms. The van der Waals surface area contributed by atoms with Crippen molar-refractivity contribution in [2.75, 3.05) is 39.4 Å². The molecular formula is C24H32FN6OP. The Labute approximate surface area is 196 Å². The maximum absolute atomic E-state index is 12.6. The van der Waals surface area contributed by atoms with E-state index in [0.717, 1.165) is 72.6 Å². The van der Waals surface area contributed by atoms with Crippen LogP contribution in [0.2, 0.25) is 0 Å². The molecule has 0 spiro atoms. The molecule has 0 radical (unpaired) electrons. The minimum atomic E-state index is -0.306. The van der Waals surface area contributed by atoms with Crippen LogP contribution >= 0.6 is 8.58 Å². The zero-order valence-electron chi connectivity index (χ0n) is 19.5. The fraction of sp³-hybridized carbons (Fsp3) is 0.458. The lowest BCUT2D eigenvalue weighted by atomic mass is 10.2. The van der Waals surface area contributed by atoms with E-state index in [-0.39, 0.29) is 12.5 Å². The highest BCUT2D eigenvalue weighted by atomic mass is 31.1. The zero-order chi connectivity index (χ0) is 23.4. The summed E-state index contributed by atoms with van der Waals surface area (Å²) in [4.78, 5) is 22.7. The number of rotatable bonds is 8. The number of aryl methyl sites for hydroxylation is 2. The molecule has 33 heavy (non-hydrogen) atoms. The predicted molar refractivity (Wildman–Crippen MR) is 132 cm³/mol. The van der Waals surface area contributed by atoms with E-state index in [1.165, 1.54) is 0 Å². The maximum atomic E-state index is 12.6. The highest BCUT2D eigenvalue weighted by molar-refractivity contribution is 7.51. The van der Waals surface area contributed by atoms with E-state index in [4.69, 9.17) is 5.10 Å². The highest BCUT2D eigenvalue weighted by Crippen LogP contribution is 2.40. The molecule has 176 valence electrons. The number of halogens is 1. The van der Waals surface area contributed by atoms with Crippen LogP contribution in [0, 0.1) is 6.92 Å². The number of alkyl halides is 1. The summed E-state index contributed by atoms with van der Waals surface area (Å²) >= 11 is 0. The third-order valence-electron chi connectivity index (χ3n) is 6.17. The van der Waals surface area contributed by atoms with E-state index in [2.05, 4.69) is 46.0 Å². The van der Waals surface area contributed by atoms with Gasteiger partial charge in [0.25, 0.3) is 0 Å². The Bertz CT molecular complexity index is 1090. The van der Waals surface area contributed by atoms with Gasteiger partial charge in [-0.3, -0.25) is 14.7 Å². The summed E-state index contributed by atoms with van der Waals surface area (Å²) in [6, 6.07) is 2.10. The monoisotopic (exact) mass is 470 g/mol. The second-order valence-electron chi connectivity index (χ2n) is 8.32. The summed E-state index contributed by atoms with van der Waals surface area (Å²) in [5.41, 5.74) is 4.98. The van der Waals surface area contributed by atoms with Gasteiger partial charge in [0.05, 0.1) is 40.3 Å². The van der Waals surface area contributed by atoms with E-state index >= 15 is 0 Å². The van der Waals surface area contributed by atoms with Crippen molar-refractivity contribution in [3.05, 3.63) is 59.5 Å². The van der Waals surface area contributed by atoms with Gasteiger partial charge in [0, 0.05) is 38.9 Å². The van der Waals surface area contributed by atoms with Gasteiger partial charge in [0.1, 0.15) is 6.67 Å². The quantitative estimate of drug-likeness (QED) is 0.437. The number of piperazine rings is 1. The molecule has 0 bridgehead atoms. The smallest absolute Gasteiger partial charge is 0.214 e. The van der Waals surface area contributed by atoms with Crippen molar-refractivity contribution in [1.29, 1.82) is 0 Å². The molecule has 1 saturated heterocycles. The molecule has 2 atom stereocenters. The van der Waals surface area contributed by atoms with Crippen molar-refractivity contribution in [3.8, 4) is 0 Å². The normalized spacial score (nSPS) is 20.3. The molecule has 2 aromatic heterocycles. The number of nitrogens with zero attached hydrogens (tertiary/aromatic N) is 6. The van der Waals surface area contributed by atoms with E-state index in [0.29, 0.717) is 15.1 Å². The van der Waals surface area contributed by atoms with Crippen molar-refractivity contribution in [3.63, 3.8) is 0 Å². The van der Waals surface area contributed by atoms with Gasteiger partial charge in [-0.05, 0) is 37.7 Å². The third-order valence-corrected chi connectivity index (χ3v) is 7.81. The number of amides is 1. The van der Waals surface area contributed by atoms with Crippen molar-refractivity contribution >= 4 is 25.8 Å². The molecule has 2 aliphatic rings. The average Bonchev–Trinajstić information content (AvgIpc) is 3.26. The molecule has 0 aliphatic carbocycles. The van der Waals surface area contributed by atoms with Crippen LogP contribution in [-0.4, -0.2) is 80.9 Å². The molecule has 0 N–H and O–H groups in total. The van der Waals surface area contributed by atoms with Crippen LogP contribution in [0.1, 0.15) is 30.9 Å². The van der Waals surface area contributed by atoms with Crippen LogP contribution in [0.5, 0.6) is 0 Å². The summed E-state index contributed by atoms with van der Waals surface area (Å²) in [6.07, 6.45) is 12.0. The topological polar surface area (TPSA) is 57.0 Å². The fourth-order valence-electron chi connectivity index (χ4n) is 4.36. The Morgan fingerprint density at radius 2 is 2.09 bits per heavy atom. The number of fused-ring (bicyclic) bond motifs is 1. The molecule has 0 saturated carbocycles. The summed E-state index contributed by atoms with van der Waals surface area (Å²) in [5.74, 6) is -0.0411. The van der Waals surface area contributed by atoms with Crippen molar-refractivity contribution in [1.82, 2.24) is 29.3 Å². The van der Waals surface area contributed by atoms with Gasteiger partial charge in [-0.15, -0.1) is 0 Å². The van der Waals surface area contributed by atoms with Gasteiger partial charge in [0.15, 0.2) is 0 Å². The van der Waals surface area contributed by atoms with Gasteiger partial charge in [0.2, 0.25) is 6.41 Å². The Hall–Kier alpha value is -2.57. The zero-order valence-corrected chi connectivity index (χ0v) is 20.5. The van der Waals surface area contributed by atoms with Crippen molar-refractivity contribution in [2.45, 2.75) is 33.0 Å². The molecule has 2 aliphatic heterocycles. The lowest BCUT2D eigenvalue weighted by molar-refractivity contribution is -0.116. The first kappa shape index (κ1) is 23.6. The summed E-state index contributed by atoms with van der Waals surface area (Å²) in [7, 11) is 0.371. The van der Waals surface area contributed by atoms with Crippen molar-refractivity contribution in [2.24, 2.45) is 0 Å². The standard InChI is InChI=1S/C24H32FN6OP/c1-4-20-22-14-21(27-31(22)15-18(3)26-20)23(5-2)33-24-7-6-19(16-30(24)17-32)29-12-10-28(9-8-25)11-13-29/h5-7,14-17,24,33H,4,8-13H2,1-3H3/b23-5-. The number of hydrogen-bond donors (Lipinski definition) is 0. The number of aromatic nitrogens is 3. The first-order valence-corrected chi connectivity index (χ1v) is 12.6. The Morgan fingerprint density at radius 3 is 2.76 bits per heavy atom. The van der Waals surface area contributed by atoms with Crippen molar-refractivity contribution < 1.29 is 9.18 Å². The number of carbonyl (C=O) groups is 1. The van der Waals surface area contributed by atoms with E-state index in [1.54, 1.807) is 4.90 Å². The van der Waals surface area contributed by atoms with Crippen LogP contribution < -0.4 is 0 Å². The first-order valence-electron chi connectivity index (χ1n) is 11.5. The first-order chi connectivity index (χ1) is 16.1. The minimum Gasteiger partial charge on any atom is -0.368 e. The van der Waals surface area contributed by atoms with Gasteiger partial charge in [-0.2, -0.15) is 5.10 Å². The fourth-order valence-corrected chi connectivity index (χ4v) is 5.59. The lowest BCUT2D eigenvalue weighted by Crippen LogP contribution is -2.46. The van der Waals surface area contributed by atoms with Gasteiger partial charge < -0.3 is 9.80 Å². The Kier molecular flexibility index (Phi) is 7.56.